The molecule has 1 atom stereocenters. The van der Waals surface area contributed by atoms with Crippen LogP contribution >= 0.6 is 0 Å². The van der Waals surface area contributed by atoms with Gasteiger partial charge < -0.3 is 20.3 Å². The average molecular weight is 279 g/mol. The van der Waals surface area contributed by atoms with Crippen molar-refractivity contribution in [2.45, 2.75) is 12.6 Å². The molecule has 0 saturated carbocycles. The van der Waals surface area contributed by atoms with E-state index in [0.717, 1.165) is 18.7 Å². The molecule has 1 aromatic carbocycles. The third kappa shape index (κ3) is 3.47. The van der Waals surface area contributed by atoms with E-state index in [9.17, 15) is 0 Å². The number of hydrogen-bond donors (Lipinski definition) is 3. The van der Waals surface area contributed by atoms with E-state index in [1.165, 1.54) is 0 Å². The first-order valence-electron chi connectivity index (χ1n) is 6.60. The molecule has 20 heavy (non-hydrogen) atoms. The van der Waals surface area contributed by atoms with Crippen LogP contribution in [0.3, 0.4) is 0 Å². The van der Waals surface area contributed by atoms with Crippen molar-refractivity contribution >= 4 is 5.84 Å². The van der Waals surface area contributed by atoms with Crippen molar-refractivity contribution in [1.29, 1.82) is 5.41 Å². The Bertz CT molecular complexity index is 479. The minimum absolute atomic E-state index is 0.00101. The maximum absolute atomic E-state index is 9.15. The lowest BCUT2D eigenvalue weighted by atomic mass is 10.1. The Morgan fingerprint density at radius 1 is 1.60 bits per heavy atom. The second-order valence-corrected chi connectivity index (χ2v) is 4.86. The maximum atomic E-state index is 9.15. The summed E-state index contributed by atoms with van der Waals surface area (Å²) >= 11 is 0. The largest absolute Gasteiger partial charge is 0.496 e. The summed E-state index contributed by atoms with van der Waals surface area (Å²) in [6, 6.07) is 5.68. The zero-order valence-corrected chi connectivity index (χ0v) is 11.6. The lowest BCUT2D eigenvalue weighted by molar-refractivity contribution is -0.0551. The standard InChI is InChI=1S/C14H21N3O3/c1-19-13-3-2-10(6-12(13)14(15)16)7-17-4-5-20-11(8-17)9-18/h2-3,6,11,18H,4-5,7-9H2,1H3,(H3,15,16). The van der Waals surface area contributed by atoms with Crippen molar-refractivity contribution in [2.75, 3.05) is 33.4 Å². The van der Waals surface area contributed by atoms with E-state index >= 15 is 0 Å². The van der Waals surface area contributed by atoms with E-state index in [4.69, 9.17) is 25.7 Å². The number of morpholine rings is 1. The highest BCUT2D eigenvalue weighted by atomic mass is 16.5. The summed E-state index contributed by atoms with van der Waals surface area (Å²) in [5.41, 5.74) is 7.25. The van der Waals surface area contributed by atoms with E-state index in [1.54, 1.807) is 7.11 Å². The maximum Gasteiger partial charge on any atom is 0.129 e. The smallest absolute Gasteiger partial charge is 0.129 e. The molecule has 110 valence electrons. The molecule has 1 heterocycles. The second kappa shape index (κ2) is 6.69. The van der Waals surface area contributed by atoms with Gasteiger partial charge in [0.15, 0.2) is 0 Å². The number of nitrogens with zero attached hydrogens (tertiary/aromatic N) is 1. The number of nitrogens with two attached hydrogens (primary N) is 1. The molecule has 1 aliphatic heterocycles. The Hall–Kier alpha value is -1.63. The molecular weight excluding hydrogens is 258 g/mol. The van der Waals surface area contributed by atoms with Crippen LogP contribution < -0.4 is 10.5 Å². The summed E-state index contributed by atoms with van der Waals surface area (Å²) in [4.78, 5) is 2.22. The van der Waals surface area contributed by atoms with E-state index in [-0.39, 0.29) is 18.5 Å². The minimum atomic E-state index is -0.116. The molecular formula is C14H21N3O3. The molecule has 1 fully saturated rings. The van der Waals surface area contributed by atoms with Crippen molar-refractivity contribution in [1.82, 2.24) is 4.90 Å². The third-order valence-electron chi connectivity index (χ3n) is 3.39. The first-order chi connectivity index (χ1) is 9.63. The quantitative estimate of drug-likeness (QED) is 0.528. The monoisotopic (exact) mass is 279 g/mol. The Kier molecular flexibility index (Phi) is 4.94. The van der Waals surface area contributed by atoms with Crippen molar-refractivity contribution in [3.8, 4) is 5.75 Å². The highest BCUT2D eigenvalue weighted by Gasteiger charge is 2.20. The van der Waals surface area contributed by atoms with Crippen LogP contribution in [0.4, 0.5) is 0 Å². The number of aliphatic hydroxyl groups excluding tert-OH is 1. The molecule has 0 amide bonds. The molecule has 6 nitrogen and oxygen atoms in total. The summed E-state index contributed by atoms with van der Waals surface area (Å²) in [5.74, 6) is 0.607. The number of aliphatic hydroxyl groups is 1. The van der Waals surface area contributed by atoms with E-state index < -0.39 is 0 Å². The number of hydrogen-bond acceptors (Lipinski definition) is 5. The number of rotatable bonds is 5. The lowest BCUT2D eigenvalue weighted by Crippen LogP contribution is -2.43. The Labute approximate surface area is 118 Å². The highest BCUT2D eigenvalue weighted by Crippen LogP contribution is 2.20. The van der Waals surface area contributed by atoms with Crippen LogP contribution in [0.1, 0.15) is 11.1 Å². The van der Waals surface area contributed by atoms with Gasteiger partial charge in [0.1, 0.15) is 11.6 Å². The molecule has 4 N–H and O–H groups in total. The lowest BCUT2D eigenvalue weighted by Gasteiger charge is -2.32. The fourth-order valence-corrected chi connectivity index (χ4v) is 2.36. The zero-order chi connectivity index (χ0) is 14.5. The predicted molar refractivity (Wildman–Crippen MR) is 76.1 cm³/mol. The summed E-state index contributed by atoms with van der Waals surface area (Å²) in [5, 5.41) is 16.7. The number of ether oxygens (including phenoxy) is 2. The van der Waals surface area contributed by atoms with Crippen LogP contribution in [0.15, 0.2) is 18.2 Å². The van der Waals surface area contributed by atoms with Gasteiger partial charge in [0.25, 0.3) is 0 Å². The molecule has 0 radical (unpaired) electrons. The Balaban J connectivity index is 2.09. The SMILES string of the molecule is COc1ccc(CN2CCOC(CO)C2)cc1C(=N)N. The fraction of sp³-hybridized carbons (Fsp3) is 0.500. The predicted octanol–water partition coefficient (Wildman–Crippen LogP) is 0.172. The molecule has 1 aliphatic rings. The molecule has 2 rings (SSSR count). The van der Waals surface area contributed by atoms with Gasteiger partial charge in [-0.3, -0.25) is 10.3 Å². The van der Waals surface area contributed by atoms with Crippen LogP contribution in [-0.2, 0) is 11.3 Å². The third-order valence-corrected chi connectivity index (χ3v) is 3.39. The first kappa shape index (κ1) is 14.8. The van der Waals surface area contributed by atoms with E-state index in [2.05, 4.69) is 4.90 Å². The number of nitrogens with one attached hydrogen (secondary N) is 1. The Morgan fingerprint density at radius 3 is 3.05 bits per heavy atom. The molecule has 1 unspecified atom stereocenters. The molecule has 1 saturated heterocycles. The van der Waals surface area contributed by atoms with Crippen molar-refractivity contribution in [2.24, 2.45) is 5.73 Å². The molecule has 0 spiro atoms. The van der Waals surface area contributed by atoms with Gasteiger partial charge in [-0.2, -0.15) is 0 Å². The van der Waals surface area contributed by atoms with Gasteiger partial charge in [-0.05, 0) is 17.7 Å². The first-order valence-corrected chi connectivity index (χ1v) is 6.60. The van der Waals surface area contributed by atoms with Gasteiger partial charge in [-0.1, -0.05) is 6.07 Å². The van der Waals surface area contributed by atoms with E-state index in [1.807, 2.05) is 18.2 Å². The van der Waals surface area contributed by atoms with Crippen LogP contribution in [-0.4, -0.2) is 55.4 Å². The normalized spacial score (nSPS) is 19.8. The van der Waals surface area contributed by atoms with Crippen molar-refractivity contribution < 1.29 is 14.6 Å². The van der Waals surface area contributed by atoms with Gasteiger partial charge in [-0.15, -0.1) is 0 Å². The molecule has 0 aromatic heterocycles. The van der Waals surface area contributed by atoms with Gasteiger partial charge in [0.2, 0.25) is 0 Å². The summed E-state index contributed by atoms with van der Waals surface area (Å²) < 4.78 is 10.6. The van der Waals surface area contributed by atoms with Gasteiger partial charge in [0, 0.05) is 19.6 Å². The summed E-state index contributed by atoms with van der Waals surface area (Å²) in [6.45, 7) is 2.94. The fourth-order valence-electron chi connectivity index (χ4n) is 2.36. The average Bonchev–Trinajstić information content (AvgIpc) is 2.47. The topological polar surface area (TPSA) is 91.8 Å². The van der Waals surface area contributed by atoms with Gasteiger partial charge >= 0.3 is 0 Å². The van der Waals surface area contributed by atoms with Crippen LogP contribution in [0, 0.1) is 5.41 Å². The van der Waals surface area contributed by atoms with Gasteiger partial charge in [0.05, 0.1) is 32.0 Å². The van der Waals surface area contributed by atoms with Crippen molar-refractivity contribution in [3.05, 3.63) is 29.3 Å². The molecule has 0 bridgehead atoms. The number of amidine groups is 1. The number of nitrogen functional groups attached to an aromatic ring is 1. The Morgan fingerprint density at radius 2 is 2.40 bits per heavy atom. The number of benzene rings is 1. The molecule has 0 aliphatic carbocycles. The zero-order valence-electron chi connectivity index (χ0n) is 11.6. The highest BCUT2D eigenvalue weighted by molar-refractivity contribution is 5.97. The number of methoxy groups -OCH3 is 1. The van der Waals surface area contributed by atoms with E-state index in [0.29, 0.717) is 24.5 Å². The summed E-state index contributed by atoms with van der Waals surface area (Å²) in [6.07, 6.45) is -0.116. The van der Waals surface area contributed by atoms with Crippen molar-refractivity contribution in [3.63, 3.8) is 0 Å². The summed E-state index contributed by atoms with van der Waals surface area (Å²) in [7, 11) is 1.56. The molecule has 1 aromatic rings. The van der Waals surface area contributed by atoms with Gasteiger partial charge in [-0.25, -0.2) is 0 Å². The van der Waals surface area contributed by atoms with Crippen LogP contribution in [0.25, 0.3) is 0 Å². The molecule has 6 heteroatoms. The van der Waals surface area contributed by atoms with Crippen LogP contribution in [0.2, 0.25) is 0 Å². The minimum Gasteiger partial charge on any atom is -0.496 e. The van der Waals surface area contributed by atoms with Crippen LogP contribution in [0.5, 0.6) is 5.75 Å². The second-order valence-electron chi connectivity index (χ2n) is 4.86.